The fraction of sp³-hybridized carbons (Fsp3) is 0.619. The standard InChI is InChI=1S/C21H33ClN2O3/c1-7-12-18(24(8-2,9-3)10-4)20(25)23-19-15(6)13-16(22)14-17(19)21(26)27-11-5/h13-14,18H,7-12H2,1-6H3/p+1. The number of anilines is 1. The van der Waals surface area contributed by atoms with Crippen LogP contribution < -0.4 is 5.32 Å². The van der Waals surface area contributed by atoms with Gasteiger partial charge in [-0.15, -0.1) is 0 Å². The van der Waals surface area contributed by atoms with Crippen LogP contribution in [0.5, 0.6) is 0 Å². The lowest BCUT2D eigenvalue weighted by molar-refractivity contribution is -0.938. The van der Waals surface area contributed by atoms with Crippen molar-refractivity contribution >= 4 is 29.2 Å². The van der Waals surface area contributed by atoms with E-state index in [1.54, 1.807) is 19.1 Å². The summed E-state index contributed by atoms with van der Waals surface area (Å²) in [4.78, 5) is 25.7. The molecule has 0 spiro atoms. The first-order chi connectivity index (χ1) is 12.8. The summed E-state index contributed by atoms with van der Waals surface area (Å²) >= 11 is 6.13. The molecule has 0 radical (unpaired) electrons. The lowest BCUT2D eigenvalue weighted by atomic mass is 10.0. The Morgan fingerprint density at radius 1 is 1.11 bits per heavy atom. The maximum Gasteiger partial charge on any atom is 0.340 e. The highest BCUT2D eigenvalue weighted by Crippen LogP contribution is 2.28. The van der Waals surface area contributed by atoms with Crippen LogP contribution in [0.3, 0.4) is 0 Å². The van der Waals surface area contributed by atoms with Crippen molar-refractivity contribution in [3.8, 4) is 0 Å². The molecule has 5 nitrogen and oxygen atoms in total. The van der Waals surface area contributed by atoms with Crippen LogP contribution in [-0.4, -0.2) is 48.6 Å². The molecule has 1 aromatic rings. The minimum Gasteiger partial charge on any atom is -0.462 e. The molecule has 0 aromatic heterocycles. The number of benzene rings is 1. The second kappa shape index (κ2) is 10.7. The Morgan fingerprint density at radius 2 is 1.70 bits per heavy atom. The van der Waals surface area contributed by atoms with Crippen molar-refractivity contribution in [3.05, 3.63) is 28.3 Å². The second-order valence-electron chi connectivity index (χ2n) is 6.83. The number of quaternary nitrogens is 1. The van der Waals surface area contributed by atoms with Gasteiger partial charge in [0.15, 0.2) is 6.04 Å². The second-order valence-corrected chi connectivity index (χ2v) is 7.26. The first-order valence-corrected chi connectivity index (χ1v) is 10.3. The fourth-order valence-electron chi connectivity index (χ4n) is 3.74. The molecule has 1 unspecified atom stereocenters. The molecule has 152 valence electrons. The van der Waals surface area contributed by atoms with Gasteiger partial charge in [-0.05, 0) is 58.7 Å². The van der Waals surface area contributed by atoms with E-state index < -0.39 is 5.97 Å². The summed E-state index contributed by atoms with van der Waals surface area (Å²) < 4.78 is 5.87. The Balaban J connectivity index is 3.31. The molecule has 1 rings (SSSR count). The van der Waals surface area contributed by atoms with Crippen LogP contribution in [0.4, 0.5) is 5.69 Å². The topological polar surface area (TPSA) is 55.4 Å². The summed E-state index contributed by atoms with van der Waals surface area (Å²) in [5.41, 5.74) is 1.54. The highest BCUT2D eigenvalue weighted by atomic mass is 35.5. The molecule has 0 aliphatic heterocycles. The van der Waals surface area contributed by atoms with Gasteiger partial charge in [-0.2, -0.15) is 0 Å². The molecule has 1 aromatic carbocycles. The number of rotatable bonds is 10. The lowest BCUT2D eigenvalue weighted by Crippen LogP contribution is -2.59. The van der Waals surface area contributed by atoms with Crippen molar-refractivity contribution in [2.45, 2.75) is 60.4 Å². The number of hydrogen-bond acceptors (Lipinski definition) is 3. The Hall–Kier alpha value is -1.59. The quantitative estimate of drug-likeness (QED) is 0.455. The first-order valence-electron chi connectivity index (χ1n) is 9.93. The van der Waals surface area contributed by atoms with E-state index in [-0.39, 0.29) is 18.6 Å². The number of nitrogens with one attached hydrogen (secondary N) is 1. The van der Waals surface area contributed by atoms with Gasteiger partial charge in [0.05, 0.1) is 37.5 Å². The normalized spacial score (nSPS) is 12.6. The number of ether oxygens (including phenoxy) is 1. The molecule has 0 saturated carbocycles. The number of aryl methyl sites for hydroxylation is 1. The van der Waals surface area contributed by atoms with Gasteiger partial charge in [-0.1, -0.05) is 18.5 Å². The highest BCUT2D eigenvalue weighted by molar-refractivity contribution is 6.31. The molecule has 1 amide bonds. The van der Waals surface area contributed by atoms with Crippen molar-refractivity contribution in [2.75, 3.05) is 31.6 Å². The van der Waals surface area contributed by atoms with Crippen LogP contribution in [0.25, 0.3) is 0 Å². The van der Waals surface area contributed by atoms with Crippen molar-refractivity contribution in [1.29, 1.82) is 0 Å². The lowest BCUT2D eigenvalue weighted by Gasteiger charge is -2.42. The molecule has 0 aliphatic carbocycles. The average molecular weight is 398 g/mol. The van der Waals surface area contributed by atoms with Crippen molar-refractivity contribution in [2.24, 2.45) is 0 Å². The highest BCUT2D eigenvalue weighted by Gasteiger charge is 2.38. The van der Waals surface area contributed by atoms with Gasteiger partial charge >= 0.3 is 5.97 Å². The summed E-state index contributed by atoms with van der Waals surface area (Å²) in [6.07, 6.45) is 1.71. The van der Waals surface area contributed by atoms with E-state index in [1.807, 2.05) is 6.92 Å². The van der Waals surface area contributed by atoms with Gasteiger partial charge in [0.25, 0.3) is 5.91 Å². The van der Waals surface area contributed by atoms with Crippen molar-refractivity contribution < 1.29 is 18.8 Å². The van der Waals surface area contributed by atoms with Crippen LogP contribution in [0.1, 0.15) is 63.4 Å². The molecule has 27 heavy (non-hydrogen) atoms. The number of likely N-dealkylation sites (N-methyl/N-ethyl adjacent to an activating group) is 1. The van der Waals surface area contributed by atoms with Gasteiger partial charge in [0.1, 0.15) is 0 Å². The number of nitrogens with zero attached hydrogens (tertiary/aromatic N) is 1. The largest absolute Gasteiger partial charge is 0.462 e. The minimum atomic E-state index is -0.479. The summed E-state index contributed by atoms with van der Waals surface area (Å²) in [6, 6.07) is 3.13. The third-order valence-electron chi connectivity index (χ3n) is 5.46. The van der Waals surface area contributed by atoms with Gasteiger partial charge in [-0.25, -0.2) is 4.79 Å². The predicted octanol–water partition coefficient (Wildman–Crippen LogP) is 4.81. The molecule has 0 fully saturated rings. The molecular formula is C21H34ClN2O3+. The van der Waals surface area contributed by atoms with Crippen molar-refractivity contribution in [1.82, 2.24) is 0 Å². The van der Waals surface area contributed by atoms with E-state index in [9.17, 15) is 9.59 Å². The van der Waals surface area contributed by atoms with Gasteiger partial charge < -0.3 is 14.5 Å². The molecule has 0 aliphatic rings. The van der Waals surface area contributed by atoms with Gasteiger partial charge in [0.2, 0.25) is 0 Å². The smallest absolute Gasteiger partial charge is 0.340 e. The number of hydrogen-bond donors (Lipinski definition) is 1. The number of amides is 1. The van der Waals surface area contributed by atoms with E-state index in [2.05, 4.69) is 33.0 Å². The van der Waals surface area contributed by atoms with E-state index in [0.29, 0.717) is 16.3 Å². The Kier molecular flexibility index (Phi) is 9.27. The SMILES string of the molecule is CCCC(C(=O)Nc1c(C)cc(Cl)cc1C(=O)OCC)[N+](CC)(CC)CC. The molecular weight excluding hydrogens is 364 g/mol. The minimum absolute atomic E-state index is 0.0571. The number of carbonyl (C=O) groups excluding carboxylic acids is 2. The van der Waals surface area contributed by atoms with Crippen molar-refractivity contribution in [3.63, 3.8) is 0 Å². The Labute approximate surface area is 168 Å². The molecule has 1 atom stereocenters. The molecule has 6 heteroatoms. The Bertz CT molecular complexity index is 649. The number of esters is 1. The predicted molar refractivity (Wildman–Crippen MR) is 111 cm³/mol. The number of halogens is 1. The summed E-state index contributed by atoms with van der Waals surface area (Å²) in [7, 11) is 0. The third-order valence-corrected chi connectivity index (χ3v) is 5.68. The molecule has 0 saturated heterocycles. The van der Waals surface area contributed by atoms with Gasteiger partial charge in [-0.3, -0.25) is 4.79 Å². The van der Waals surface area contributed by atoms with Crippen LogP contribution in [0.2, 0.25) is 5.02 Å². The molecule has 0 bridgehead atoms. The van der Waals surface area contributed by atoms with E-state index in [4.69, 9.17) is 16.3 Å². The van der Waals surface area contributed by atoms with Crippen LogP contribution >= 0.6 is 11.6 Å². The van der Waals surface area contributed by atoms with E-state index >= 15 is 0 Å². The van der Waals surface area contributed by atoms with Crippen LogP contribution in [0.15, 0.2) is 12.1 Å². The third kappa shape index (κ3) is 5.45. The summed E-state index contributed by atoms with van der Waals surface area (Å²) in [5, 5.41) is 3.47. The fourth-order valence-corrected chi connectivity index (χ4v) is 4.02. The first kappa shape index (κ1) is 23.4. The molecule has 1 N–H and O–H groups in total. The maximum absolute atomic E-state index is 13.3. The zero-order chi connectivity index (χ0) is 20.6. The monoisotopic (exact) mass is 397 g/mol. The molecule has 0 heterocycles. The maximum atomic E-state index is 13.3. The van der Waals surface area contributed by atoms with E-state index in [1.165, 1.54) is 0 Å². The Morgan fingerprint density at radius 3 is 2.19 bits per heavy atom. The number of carbonyl (C=O) groups is 2. The van der Waals surface area contributed by atoms with E-state index in [0.717, 1.165) is 42.5 Å². The zero-order valence-corrected chi connectivity index (χ0v) is 18.3. The summed E-state index contributed by atoms with van der Waals surface area (Å²) in [6.45, 7) is 15.0. The average Bonchev–Trinajstić information content (AvgIpc) is 2.64. The summed E-state index contributed by atoms with van der Waals surface area (Å²) in [5.74, 6) is -0.536. The van der Waals surface area contributed by atoms with Crippen LogP contribution in [-0.2, 0) is 9.53 Å². The van der Waals surface area contributed by atoms with Gasteiger partial charge in [0, 0.05) is 11.4 Å². The zero-order valence-electron chi connectivity index (χ0n) is 17.5. The van der Waals surface area contributed by atoms with Crippen LogP contribution in [0, 0.1) is 6.92 Å².